The number of benzene rings is 2. The number of sulfonamides is 1. The minimum Gasteiger partial charge on any atom is -0.369 e. The average molecular weight is 530 g/mol. The van der Waals surface area contributed by atoms with Crippen molar-refractivity contribution in [3.63, 3.8) is 0 Å². The van der Waals surface area contributed by atoms with Crippen LogP contribution in [-0.2, 0) is 16.2 Å². The Hall–Kier alpha value is -1.81. The molecule has 1 aliphatic heterocycles. The minimum absolute atomic E-state index is 0.0528. The SMILES string of the molecule is O=S(=O)(N[C@H]1CC[C@H](CCN2CCN(c3cccc(C(F)(F)F)c3)CC2)CC1)c1ccc(Cl)cc1. The fourth-order valence-corrected chi connectivity index (χ4v) is 6.37. The van der Waals surface area contributed by atoms with Gasteiger partial charge in [-0.2, -0.15) is 13.2 Å². The quantitative estimate of drug-likeness (QED) is 0.521. The summed E-state index contributed by atoms with van der Waals surface area (Å²) in [7, 11) is -3.55. The Bertz CT molecular complexity index is 1080. The molecule has 0 radical (unpaired) electrons. The molecule has 5 nitrogen and oxygen atoms in total. The van der Waals surface area contributed by atoms with Crippen LogP contribution in [0, 0.1) is 5.92 Å². The van der Waals surface area contributed by atoms with Crippen molar-refractivity contribution >= 4 is 27.3 Å². The number of anilines is 1. The molecule has 1 saturated heterocycles. The lowest BCUT2D eigenvalue weighted by Gasteiger charge is -2.37. The summed E-state index contributed by atoms with van der Waals surface area (Å²) in [6.45, 7) is 4.03. The number of piperazine rings is 1. The molecule has 0 aromatic heterocycles. The van der Waals surface area contributed by atoms with Crippen molar-refractivity contribution in [1.29, 1.82) is 0 Å². The molecule has 1 saturated carbocycles. The lowest BCUT2D eigenvalue weighted by molar-refractivity contribution is -0.137. The van der Waals surface area contributed by atoms with E-state index in [4.69, 9.17) is 11.6 Å². The average Bonchev–Trinajstić information content (AvgIpc) is 2.84. The molecule has 0 atom stereocenters. The fraction of sp³-hybridized carbons (Fsp3) is 0.520. The van der Waals surface area contributed by atoms with Gasteiger partial charge in [-0.05, 0) is 87.0 Å². The van der Waals surface area contributed by atoms with Crippen molar-refractivity contribution in [3.8, 4) is 0 Å². The molecular formula is C25H31ClF3N3O2S. The zero-order valence-corrected chi connectivity index (χ0v) is 21.0. The second-order valence-electron chi connectivity index (χ2n) is 9.46. The molecule has 0 spiro atoms. The van der Waals surface area contributed by atoms with E-state index in [2.05, 4.69) is 9.62 Å². The van der Waals surface area contributed by atoms with Crippen molar-refractivity contribution in [3.05, 3.63) is 59.1 Å². The summed E-state index contributed by atoms with van der Waals surface area (Å²) in [5.41, 5.74) is 0.0161. The molecule has 2 fully saturated rings. The largest absolute Gasteiger partial charge is 0.416 e. The third-order valence-corrected chi connectivity index (χ3v) is 8.85. The maximum atomic E-state index is 13.0. The summed E-state index contributed by atoms with van der Waals surface area (Å²) < 4.78 is 67.1. The highest BCUT2D eigenvalue weighted by molar-refractivity contribution is 7.89. The lowest BCUT2D eigenvalue weighted by atomic mass is 9.84. The topological polar surface area (TPSA) is 52.7 Å². The van der Waals surface area contributed by atoms with Crippen LogP contribution in [0.4, 0.5) is 18.9 Å². The van der Waals surface area contributed by atoms with Crippen LogP contribution >= 0.6 is 11.6 Å². The van der Waals surface area contributed by atoms with E-state index in [1.165, 1.54) is 24.3 Å². The molecular weight excluding hydrogens is 499 g/mol. The van der Waals surface area contributed by atoms with E-state index < -0.39 is 21.8 Å². The van der Waals surface area contributed by atoms with Crippen LogP contribution in [0.25, 0.3) is 0 Å². The predicted molar refractivity (Wildman–Crippen MR) is 132 cm³/mol. The van der Waals surface area contributed by atoms with Gasteiger partial charge >= 0.3 is 6.18 Å². The van der Waals surface area contributed by atoms with Crippen LogP contribution in [0.1, 0.15) is 37.7 Å². The molecule has 1 aliphatic carbocycles. The van der Waals surface area contributed by atoms with Gasteiger partial charge in [0.15, 0.2) is 0 Å². The summed E-state index contributed by atoms with van der Waals surface area (Å²) in [6, 6.07) is 11.7. The van der Waals surface area contributed by atoms with Gasteiger partial charge in [0, 0.05) is 42.9 Å². The van der Waals surface area contributed by atoms with E-state index in [9.17, 15) is 21.6 Å². The van der Waals surface area contributed by atoms with Gasteiger partial charge in [0.25, 0.3) is 0 Å². The number of rotatable bonds is 7. The molecule has 2 aromatic carbocycles. The van der Waals surface area contributed by atoms with Crippen LogP contribution in [-0.4, -0.2) is 52.1 Å². The Balaban J connectivity index is 1.18. The highest BCUT2D eigenvalue weighted by Crippen LogP contribution is 2.32. The monoisotopic (exact) mass is 529 g/mol. The first-order valence-electron chi connectivity index (χ1n) is 12.0. The zero-order valence-electron chi connectivity index (χ0n) is 19.5. The van der Waals surface area contributed by atoms with E-state index in [1.54, 1.807) is 18.2 Å². The first kappa shape index (κ1) is 26.3. The van der Waals surface area contributed by atoms with Crippen LogP contribution in [0.3, 0.4) is 0 Å². The van der Waals surface area contributed by atoms with Gasteiger partial charge in [-0.1, -0.05) is 17.7 Å². The van der Waals surface area contributed by atoms with E-state index >= 15 is 0 Å². The Kier molecular flexibility index (Phi) is 8.30. The molecule has 0 bridgehead atoms. The van der Waals surface area contributed by atoms with Gasteiger partial charge in [0.2, 0.25) is 10.0 Å². The number of hydrogen-bond donors (Lipinski definition) is 1. The Morgan fingerprint density at radius 2 is 1.60 bits per heavy atom. The van der Waals surface area contributed by atoms with E-state index in [1.807, 2.05) is 4.90 Å². The first-order chi connectivity index (χ1) is 16.6. The molecule has 1 N–H and O–H groups in total. The number of hydrogen-bond acceptors (Lipinski definition) is 4. The maximum absolute atomic E-state index is 13.0. The standard InChI is InChI=1S/C25H31ClF3N3O2S/c26-21-6-10-24(11-7-21)35(33,34)30-22-8-4-19(5-9-22)12-13-31-14-16-32(17-15-31)23-3-1-2-20(18-23)25(27,28)29/h1-3,6-7,10-11,18-19,22,30H,4-5,8-9,12-17H2/t19-,22-. The highest BCUT2D eigenvalue weighted by Gasteiger charge is 2.31. The van der Waals surface area contributed by atoms with Crippen LogP contribution < -0.4 is 9.62 Å². The predicted octanol–water partition coefficient (Wildman–Crippen LogP) is 5.41. The maximum Gasteiger partial charge on any atom is 0.416 e. The van der Waals surface area contributed by atoms with Crippen molar-refractivity contribution in [2.45, 2.75) is 49.2 Å². The Labute approximate surface area is 210 Å². The summed E-state index contributed by atoms with van der Waals surface area (Å²) in [4.78, 5) is 4.62. The van der Waals surface area contributed by atoms with Crippen molar-refractivity contribution in [1.82, 2.24) is 9.62 Å². The molecule has 35 heavy (non-hydrogen) atoms. The van der Waals surface area contributed by atoms with E-state index in [0.29, 0.717) is 29.7 Å². The van der Waals surface area contributed by atoms with Gasteiger partial charge < -0.3 is 4.90 Å². The van der Waals surface area contributed by atoms with Crippen molar-refractivity contribution in [2.24, 2.45) is 5.92 Å². The summed E-state index contributed by atoms with van der Waals surface area (Å²) in [5, 5.41) is 0.501. The normalized spacial score (nSPS) is 22.3. The number of alkyl halides is 3. The second-order valence-corrected chi connectivity index (χ2v) is 11.6. The lowest BCUT2D eigenvalue weighted by Crippen LogP contribution is -2.47. The van der Waals surface area contributed by atoms with Crippen molar-refractivity contribution < 1.29 is 21.6 Å². The van der Waals surface area contributed by atoms with Crippen LogP contribution in [0.5, 0.6) is 0 Å². The molecule has 4 rings (SSSR count). The molecule has 0 amide bonds. The highest BCUT2D eigenvalue weighted by atomic mass is 35.5. The zero-order chi connectivity index (χ0) is 25.1. The number of nitrogens with zero attached hydrogens (tertiary/aromatic N) is 2. The van der Waals surface area contributed by atoms with Crippen LogP contribution in [0.2, 0.25) is 5.02 Å². The third kappa shape index (κ3) is 7.12. The van der Waals surface area contributed by atoms with Crippen LogP contribution in [0.15, 0.2) is 53.4 Å². The molecule has 1 heterocycles. The van der Waals surface area contributed by atoms with E-state index in [0.717, 1.165) is 57.8 Å². The number of nitrogens with one attached hydrogen (secondary N) is 1. The van der Waals surface area contributed by atoms with E-state index in [-0.39, 0.29) is 10.9 Å². The molecule has 0 unspecified atom stereocenters. The van der Waals surface area contributed by atoms with Gasteiger partial charge in [-0.15, -0.1) is 0 Å². The fourth-order valence-electron chi connectivity index (χ4n) is 4.94. The minimum atomic E-state index is -4.33. The van der Waals surface area contributed by atoms with Gasteiger partial charge in [0.1, 0.15) is 0 Å². The Morgan fingerprint density at radius 1 is 0.943 bits per heavy atom. The molecule has 2 aliphatic rings. The van der Waals surface area contributed by atoms with Crippen molar-refractivity contribution in [2.75, 3.05) is 37.6 Å². The molecule has 192 valence electrons. The number of halogens is 4. The summed E-state index contributed by atoms with van der Waals surface area (Å²) in [5.74, 6) is 0.563. The summed E-state index contributed by atoms with van der Waals surface area (Å²) >= 11 is 5.85. The van der Waals surface area contributed by atoms with Gasteiger partial charge in [0.05, 0.1) is 10.5 Å². The van der Waals surface area contributed by atoms with Gasteiger partial charge in [-0.3, -0.25) is 4.90 Å². The van der Waals surface area contributed by atoms with Gasteiger partial charge in [-0.25, -0.2) is 13.1 Å². The smallest absolute Gasteiger partial charge is 0.369 e. The molecule has 2 aromatic rings. The molecule has 10 heteroatoms. The third-order valence-electron chi connectivity index (χ3n) is 7.06. The first-order valence-corrected chi connectivity index (χ1v) is 13.9. The second kappa shape index (κ2) is 11.1. The Morgan fingerprint density at radius 3 is 2.23 bits per heavy atom. The summed E-state index contributed by atoms with van der Waals surface area (Å²) in [6.07, 6.45) is 0.338.